The number of rotatable bonds is 6. The van der Waals surface area contributed by atoms with Crippen molar-refractivity contribution in [3.63, 3.8) is 0 Å². The number of ether oxygens (including phenoxy) is 1. The van der Waals surface area contributed by atoms with Gasteiger partial charge < -0.3 is 10.1 Å². The van der Waals surface area contributed by atoms with E-state index in [9.17, 15) is 4.39 Å². The van der Waals surface area contributed by atoms with Crippen LogP contribution in [0.2, 0.25) is 0 Å². The third kappa shape index (κ3) is 4.33. The van der Waals surface area contributed by atoms with Gasteiger partial charge in [-0.1, -0.05) is 24.8 Å². The van der Waals surface area contributed by atoms with Gasteiger partial charge in [0.15, 0.2) is 0 Å². The van der Waals surface area contributed by atoms with Crippen LogP contribution >= 0.6 is 15.9 Å². The van der Waals surface area contributed by atoms with Crippen LogP contribution < -0.4 is 10.1 Å². The van der Waals surface area contributed by atoms with Crippen molar-refractivity contribution in [3.8, 4) is 5.75 Å². The summed E-state index contributed by atoms with van der Waals surface area (Å²) in [5.74, 6) is 0.570. The Morgan fingerprint density at radius 2 is 2.00 bits per heavy atom. The third-order valence-corrected chi connectivity index (χ3v) is 3.65. The summed E-state index contributed by atoms with van der Waals surface area (Å²) in [5.41, 5.74) is 2.91. The summed E-state index contributed by atoms with van der Waals surface area (Å²) in [4.78, 5) is 0. The summed E-state index contributed by atoms with van der Waals surface area (Å²) in [6.45, 7) is 6.66. The smallest absolute Gasteiger partial charge is 0.137 e. The van der Waals surface area contributed by atoms with Crippen molar-refractivity contribution in [3.05, 3.63) is 70.5 Å². The Morgan fingerprint density at radius 3 is 2.67 bits per heavy atom. The molecule has 1 N–H and O–H groups in total. The van der Waals surface area contributed by atoms with E-state index in [2.05, 4.69) is 27.8 Å². The molecule has 110 valence electrons. The molecule has 0 fully saturated rings. The standard InChI is InChI=1S/C17H17BrFNO/c1-3-8-21-14-6-4-13(5-7-14)11-20-17-10-15(18)16(19)9-12(17)2/h3-7,9-10,20H,1,8,11H2,2H3. The summed E-state index contributed by atoms with van der Waals surface area (Å²) >= 11 is 3.20. The average Bonchev–Trinajstić information content (AvgIpc) is 2.48. The molecule has 4 heteroatoms. The van der Waals surface area contributed by atoms with Gasteiger partial charge in [-0.3, -0.25) is 0 Å². The molecule has 0 saturated heterocycles. The fraction of sp³-hybridized carbons (Fsp3) is 0.176. The van der Waals surface area contributed by atoms with Crippen LogP contribution in [0.5, 0.6) is 5.75 Å². The van der Waals surface area contributed by atoms with Crippen LogP contribution in [0.1, 0.15) is 11.1 Å². The second-order valence-electron chi connectivity index (χ2n) is 4.68. The van der Waals surface area contributed by atoms with Crippen molar-refractivity contribution >= 4 is 21.6 Å². The summed E-state index contributed by atoms with van der Waals surface area (Å²) < 4.78 is 19.3. The van der Waals surface area contributed by atoms with Gasteiger partial charge in [0.2, 0.25) is 0 Å². The van der Waals surface area contributed by atoms with Gasteiger partial charge in [0.25, 0.3) is 0 Å². The predicted molar refractivity (Wildman–Crippen MR) is 88.3 cm³/mol. The zero-order valence-electron chi connectivity index (χ0n) is 11.8. The molecule has 2 rings (SSSR count). The average molecular weight is 350 g/mol. The lowest BCUT2D eigenvalue weighted by atomic mass is 10.1. The topological polar surface area (TPSA) is 21.3 Å². The van der Waals surface area contributed by atoms with Crippen LogP contribution in [0, 0.1) is 12.7 Å². The predicted octanol–water partition coefficient (Wildman–Crippen LogP) is 5.07. The maximum atomic E-state index is 13.4. The lowest BCUT2D eigenvalue weighted by molar-refractivity contribution is 0.363. The van der Waals surface area contributed by atoms with Gasteiger partial charge in [-0.15, -0.1) is 0 Å². The number of hydrogen-bond donors (Lipinski definition) is 1. The number of nitrogens with one attached hydrogen (secondary N) is 1. The summed E-state index contributed by atoms with van der Waals surface area (Å²) in [5, 5.41) is 3.31. The highest BCUT2D eigenvalue weighted by molar-refractivity contribution is 9.10. The van der Waals surface area contributed by atoms with Gasteiger partial charge in [0.05, 0.1) is 4.47 Å². The highest BCUT2D eigenvalue weighted by Gasteiger charge is 2.05. The van der Waals surface area contributed by atoms with E-state index in [0.717, 1.165) is 22.6 Å². The first-order valence-electron chi connectivity index (χ1n) is 6.62. The van der Waals surface area contributed by atoms with Crippen LogP contribution in [0.4, 0.5) is 10.1 Å². The highest BCUT2D eigenvalue weighted by Crippen LogP contribution is 2.24. The molecule has 0 spiro atoms. The molecule has 0 radical (unpaired) electrons. The van der Waals surface area contributed by atoms with Gasteiger partial charge in [0.1, 0.15) is 18.2 Å². The van der Waals surface area contributed by atoms with Crippen molar-refractivity contribution < 1.29 is 9.13 Å². The van der Waals surface area contributed by atoms with E-state index in [1.54, 1.807) is 12.1 Å². The van der Waals surface area contributed by atoms with Crippen molar-refractivity contribution in [2.24, 2.45) is 0 Å². The maximum Gasteiger partial charge on any atom is 0.137 e. The Kier molecular flexibility index (Phi) is 5.39. The summed E-state index contributed by atoms with van der Waals surface area (Å²) in [6.07, 6.45) is 1.71. The zero-order chi connectivity index (χ0) is 15.2. The minimum atomic E-state index is -0.248. The molecule has 0 amide bonds. The Balaban J connectivity index is 1.99. The molecule has 0 bridgehead atoms. The molecule has 0 aromatic heterocycles. The van der Waals surface area contributed by atoms with Gasteiger partial charge in [-0.05, 0) is 58.2 Å². The number of benzene rings is 2. The molecular weight excluding hydrogens is 333 g/mol. The van der Waals surface area contributed by atoms with E-state index in [-0.39, 0.29) is 5.82 Å². The zero-order valence-corrected chi connectivity index (χ0v) is 13.4. The van der Waals surface area contributed by atoms with E-state index in [1.165, 1.54) is 6.07 Å². The van der Waals surface area contributed by atoms with E-state index < -0.39 is 0 Å². The quantitative estimate of drug-likeness (QED) is 0.734. The van der Waals surface area contributed by atoms with Crippen LogP contribution in [0.3, 0.4) is 0 Å². The number of aryl methyl sites for hydroxylation is 1. The summed E-state index contributed by atoms with van der Waals surface area (Å²) in [7, 11) is 0. The van der Waals surface area contributed by atoms with E-state index in [4.69, 9.17) is 4.74 Å². The second kappa shape index (κ2) is 7.27. The normalized spacial score (nSPS) is 10.2. The van der Waals surface area contributed by atoms with Crippen molar-refractivity contribution in [2.45, 2.75) is 13.5 Å². The SMILES string of the molecule is C=CCOc1ccc(CNc2cc(Br)c(F)cc2C)cc1. The molecule has 2 nitrogen and oxygen atoms in total. The van der Waals surface area contributed by atoms with Gasteiger partial charge in [-0.2, -0.15) is 0 Å². The lowest BCUT2D eigenvalue weighted by Crippen LogP contribution is -2.02. The fourth-order valence-electron chi connectivity index (χ4n) is 1.89. The molecule has 0 heterocycles. The molecule has 2 aromatic rings. The lowest BCUT2D eigenvalue weighted by Gasteiger charge is -2.11. The number of hydrogen-bond acceptors (Lipinski definition) is 2. The molecule has 2 aromatic carbocycles. The molecule has 0 unspecified atom stereocenters. The molecule has 0 atom stereocenters. The van der Waals surface area contributed by atoms with E-state index >= 15 is 0 Å². The molecule has 21 heavy (non-hydrogen) atoms. The van der Waals surface area contributed by atoms with Crippen molar-refractivity contribution in [1.29, 1.82) is 0 Å². The van der Waals surface area contributed by atoms with Crippen LogP contribution in [0.25, 0.3) is 0 Å². The Morgan fingerprint density at radius 1 is 1.29 bits per heavy atom. The first kappa shape index (κ1) is 15.6. The van der Waals surface area contributed by atoms with Gasteiger partial charge in [0, 0.05) is 12.2 Å². The van der Waals surface area contributed by atoms with Crippen LogP contribution in [0.15, 0.2) is 53.5 Å². The largest absolute Gasteiger partial charge is 0.490 e. The second-order valence-corrected chi connectivity index (χ2v) is 5.53. The molecule has 0 aliphatic rings. The molecule has 0 aliphatic carbocycles. The first-order chi connectivity index (χ1) is 10.1. The summed E-state index contributed by atoms with van der Waals surface area (Å²) in [6, 6.07) is 11.1. The van der Waals surface area contributed by atoms with E-state index in [0.29, 0.717) is 17.6 Å². The first-order valence-corrected chi connectivity index (χ1v) is 7.41. The fourth-order valence-corrected chi connectivity index (χ4v) is 2.24. The maximum absolute atomic E-state index is 13.4. The minimum Gasteiger partial charge on any atom is -0.490 e. The monoisotopic (exact) mass is 349 g/mol. The Bertz CT molecular complexity index is 625. The van der Waals surface area contributed by atoms with Crippen molar-refractivity contribution in [2.75, 3.05) is 11.9 Å². The van der Waals surface area contributed by atoms with Crippen LogP contribution in [-0.2, 0) is 6.54 Å². The van der Waals surface area contributed by atoms with Crippen molar-refractivity contribution in [1.82, 2.24) is 0 Å². The van der Waals surface area contributed by atoms with E-state index in [1.807, 2.05) is 31.2 Å². The highest BCUT2D eigenvalue weighted by atomic mass is 79.9. The Labute approximate surface area is 132 Å². The minimum absolute atomic E-state index is 0.248. The molecule has 0 aliphatic heterocycles. The number of anilines is 1. The number of halogens is 2. The Hall–Kier alpha value is -1.81. The third-order valence-electron chi connectivity index (χ3n) is 3.04. The van der Waals surface area contributed by atoms with Gasteiger partial charge >= 0.3 is 0 Å². The van der Waals surface area contributed by atoms with Crippen LogP contribution in [-0.4, -0.2) is 6.61 Å². The molecule has 0 saturated carbocycles. The van der Waals surface area contributed by atoms with Gasteiger partial charge in [-0.25, -0.2) is 4.39 Å². The molecular formula is C17H17BrFNO.